The molecule has 0 aromatic heterocycles. The van der Waals surface area contributed by atoms with Gasteiger partial charge in [0.05, 0.1) is 0 Å². The van der Waals surface area contributed by atoms with Crippen molar-refractivity contribution in [2.24, 2.45) is 4.99 Å². The molecule has 0 aromatic carbocycles. The van der Waals surface area contributed by atoms with Crippen molar-refractivity contribution in [1.29, 1.82) is 0 Å². The first kappa shape index (κ1) is 6.88. The number of rotatable bonds is 2. The predicted molar refractivity (Wildman–Crippen MR) is 41.8 cm³/mol. The monoisotopic (exact) mass is 207 g/mol. The van der Waals surface area contributed by atoms with Crippen LogP contribution in [0.15, 0.2) is 27.9 Å². The zero-order chi connectivity index (χ0) is 5.54. The lowest BCUT2D eigenvalue weighted by Gasteiger charge is -1.65. The van der Waals surface area contributed by atoms with Crippen LogP contribution in [0.1, 0.15) is 0 Å². The van der Waals surface area contributed by atoms with Gasteiger partial charge >= 0.3 is 0 Å². The largest absolute Gasteiger partial charge is 0.265 e. The molecule has 7 heavy (non-hydrogen) atoms. The van der Waals surface area contributed by atoms with Crippen molar-refractivity contribution < 1.29 is 0 Å². The Morgan fingerprint density at radius 2 is 2.29 bits per heavy atom. The van der Waals surface area contributed by atoms with Crippen molar-refractivity contribution in [2.45, 2.75) is 0 Å². The van der Waals surface area contributed by atoms with E-state index in [1.54, 1.807) is 6.21 Å². The van der Waals surface area contributed by atoms with E-state index in [2.05, 4.69) is 34.2 Å². The van der Waals surface area contributed by atoms with Crippen molar-refractivity contribution in [3.05, 3.63) is 22.9 Å². The maximum Gasteiger partial charge on any atom is 0.0272 e. The topological polar surface area (TPSA) is 12.4 Å². The van der Waals surface area contributed by atoms with Crippen LogP contribution in [0, 0.1) is 0 Å². The van der Waals surface area contributed by atoms with Crippen molar-refractivity contribution in [3.63, 3.8) is 0 Å². The highest BCUT2D eigenvalue weighted by atomic mass is 127. The molecule has 0 spiro atoms. The average Bonchev–Trinajstić information content (AvgIpc) is 1.69. The van der Waals surface area contributed by atoms with Gasteiger partial charge in [0, 0.05) is 12.4 Å². The first-order valence-corrected chi connectivity index (χ1v) is 3.06. The molecule has 0 aromatic rings. The van der Waals surface area contributed by atoms with Gasteiger partial charge in [-0.2, -0.15) is 0 Å². The lowest BCUT2D eigenvalue weighted by atomic mass is 10.7. The second kappa shape index (κ2) is 5.88. The van der Waals surface area contributed by atoms with Crippen molar-refractivity contribution in [2.75, 3.05) is 0 Å². The van der Waals surface area contributed by atoms with Gasteiger partial charge in [-0.05, 0) is 10.2 Å². The van der Waals surface area contributed by atoms with Gasteiger partial charge in [0.1, 0.15) is 0 Å². The minimum Gasteiger partial charge on any atom is -0.265 e. The van der Waals surface area contributed by atoms with Gasteiger partial charge in [-0.25, -0.2) is 0 Å². The van der Waals surface area contributed by atoms with Crippen LogP contribution in [-0.4, -0.2) is 6.21 Å². The van der Waals surface area contributed by atoms with Crippen LogP contribution in [0.3, 0.4) is 0 Å². The number of hydrogen-bond donors (Lipinski definition) is 0. The number of nitrogens with zero attached hydrogens (tertiary/aromatic N) is 1. The molecule has 0 atom stereocenters. The molecule has 0 aliphatic heterocycles. The molecule has 0 unspecified atom stereocenters. The number of halogens is 1. The molecule has 0 bridgehead atoms. The van der Waals surface area contributed by atoms with Gasteiger partial charge in [0.25, 0.3) is 0 Å². The summed E-state index contributed by atoms with van der Waals surface area (Å²) in [6.07, 6.45) is 5.01. The Labute approximate surface area is 57.0 Å². The van der Waals surface area contributed by atoms with Crippen molar-refractivity contribution in [1.82, 2.24) is 0 Å². The molecule has 0 rings (SSSR count). The molecule has 0 aliphatic rings. The lowest BCUT2D eigenvalue weighted by Crippen LogP contribution is -1.54. The molecule has 0 N–H and O–H groups in total. The summed E-state index contributed by atoms with van der Waals surface area (Å²) in [6.45, 7) is 3.40. The third-order valence-corrected chi connectivity index (χ3v) is 0.765. The van der Waals surface area contributed by atoms with Gasteiger partial charge < -0.3 is 0 Å². The Morgan fingerprint density at radius 3 is 2.71 bits per heavy atom. The van der Waals surface area contributed by atoms with Crippen LogP contribution >= 0.6 is 22.6 Å². The minimum absolute atomic E-state index is 1.50. The highest BCUT2D eigenvalue weighted by Crippen LogP contribution is 1.79. The Bertz CT molecular complexity index is 94.3. The molecule has 0 amide bonds. The maximum atomic E-state index is 3.71. The molecule has 0 radical (unpaired) electrons. The van der Waals surface area contributed by atoms with Gasteiger partial charge in [0.15, 0.2) is 0 Å². The fourth-order valence-corrected chi connectivity index (χ4v) is 0.329. The summed E-state index contributed by atoms with van der Waals surface area (Å²) in [5.41, 5.74) is 0. The maximum absolute atomic E-state index is 3.71. The second-order valence-corrected chi connectivity index (χ2v) is 1.52. The van der Waals surface area contributed by atoms with E-state index >= 15 is 0 Å². The van der Waals surface area contributed by atoms with Crippen LogP contribution in [0.5, 0.6) is 0 Å². The summed E-state index contributed by atoms with van der Waals surface area (Å²) in [5.74, 6) is 0. The molecule has 1 nitrogen and oxygen atoms in total. The van der Waals surface area contributed by atoms with E-state index in [9.17, 15) is 0 Å². The van der Waals surface area contributed by atoms with E-state index in [0.29, 0.717) is 0 Å². The molecule has 0 aliphatic carbocycles. The van der Waals surface area contributed by atoms with Crippen LogP contribution in [0.4, 0.5) is 0 Å². The predicted octanol–water partition coefficient (Wildman–Crippen LogP) is 2.15. The zero-order valence-corrected chi connectivity index (χ0v) is 6.00. The van der Waals surface area contributed by atoms with E-state index in [1.807, 2.05) is 10.2 Å². The molecule has 0 heterocycles. The second-order valence-electron chi connectivity index (χ2n) is 0.799. The molecule has 2 heteroatoms. The average molecular weight is 207 g/mol. The Balaban J connectivity index is 3.27. The zero-order valence-electron chi connectivity index (χ0n) is 3.84. The summed E-state index contributed by atoms with van der Waals surface area (Å²) in [6, 6.07) is 0. The van der Waals surface area contributed by atoms with E-state index in [-0.39, 0.29) is 0 Å². The van der Waals surface area contributed by atoms with Gasteiger partial charge in [-0.1, -0.05) is 29.2 Å². The van der Waals surface area contributed by atoms with Gasteiger partial charge in [-0.15, -0.1) is 0 Å². The first-order chi connectivity index (χ1) is 3.41. The summed E-state index contributed by atoms with van der Waals surface area (Å²) in [5, 5.41) is 0. The van der Waals surface area contributed by atoms with Gasteiger partial charge in [0.2, 0.25) is 0 Å². The normalized spacial score (nSPS) is 11.0. The molecule has 0 saturated carbocycles. The smallest absolute Gasteiger partial charge is 0.0272 e. The highest BCUT2D eigenvalue weighted by molar-refractivity contribution is 14.1. The van der Waals surface area contributed by atoms with Gasteiger partial charge in [-0.3, -0.25) is 4.99 Å². The van der Waals surface area contributed by atoms with Crippen molar-refractivity contribution >= 4 is 28.8 Å². The summed E-state index contributed by atoms with van der Waals surface area (Å²) in [7, 11) is 0. The quantitative estimate of drug-likeness (QED) is 0.485. The van der Waals surface area contributed by atoms with Crippen LogP contribution in [0.25, 0.3) is 0 Å². The molecule has 38 valence electrons. The Kier molecular flexibility index (Phi) is 5.78. The van der Waals surface area contributed by atoms with E-state index in [0.717, 1.165) is 0 Å². The fraction of sp³-hybridized carbons (Fsp3) is 0. The number of aliphatic imine (C=N–C) groups is 1. The summed E-state index contributed by atoms with van der Waals surface area (Å²) < 4.78 is 1.88. The Morgan fingerprint density at radius 1 is 1.57 bits per heavy atom. The Hall–Kier alpha value is -0.120. The SMILES string of the molecule is C=C/N=C\C=C/I. The summed E-state index contributed by atoms with van der Waals surface area (Å²) >= 11 is 2.12. The standard InChI is InChI=1S/C5H6IN/c1-2-7-5-3-4-6/h2-5H,1H2/b4-3-,7-5-. The third-order valence-electron chi connectivity index (χ3n) is 0.350. The minimum atomic E-state index is 1.50. The van der Waals surface area contributed by atoms with E-state index in [4.69, 9.17) is 0 Å². The summed E-state index contributed by atoms with van der Waals surface area (Å²) in [4.78, 5) is 3.71. The molecular weight excluding hydrogens is 201 g/mol. The van der Waals surface area contributed by atoms with Crippen LogP contribution in [-0.2, 0) is 0 Å². The molecule has 0 saturated heterocycles. The fourth-order valence-electron chi connectivity index (χ4n) is 0.143. The third kappa shape index (κ3) is 5.88. The van der Waals surface area contributed by atoms with Crippen LogP contribution < -0.4 is 0 Å². The first-order valence-electron chi connectivity index (χ1n) is 1.81. The molecule has 0 fully saturated rings. The number of allylic oxidation sites excluding steroid dienone is 1. The lowest BCUT2D eigenvalue weighted by molar-refractivity contribution is 1.63. The highest BCUT2D eigenvalue weighted by Gasteiger charge is 1.53. The molecular formula is C5H6IN. The van der Waals surface area contributed by atoms with Crippen LogP contribution in [0.2, 0.25) is 0 Å². The van der Waals surface area contributed by atoms with E-state index in [1.165, 1.54) is 6.20 Å². The number of hydrogen-bond acceptors (Lipinski definition) is 1. The van der Waals surface area contributed by atoms with Crippen molar-refractivity contribution in [3.8, 4) is 0 Å². The van der Waals surface area contributed by atoms with E-state index < -0.39 is 0 Å².